The van der Waals surface area contributed by atoms with Gasteiger partial charge in [0.2, 0.25) is 0 Å². The number of aromatic amines is 1. The van der Waals surface area contributed by atoms with E-state index in [-0.39, 0.29) is 0 Å². The van der Waals surface area contributed by atoms with Crippen molar-refractivity contribution in [3.05, 3.63) is 71.4 Å². The zero-order chi connectivity index (χ0) is 20.7. The maximum absolute atomic E-state index is 12.0. The predicted octanol–water partition coefficient (Wildman–Crippen LogP) is 4.47. The van der Waals surface area contributed by atoms with Crippen LogP contribution in [0.5, 0.6) is 0 Å². The van der Waals surface area contributed by atoms with Gasteiger partial charge in [0.05, 0.1) is 4.90 Å². The minimum absolute atomic E-state index is 0.411. The summed E-state index contributed by atoms with van der Waals surface area (Å²) < 4.78 is 24.0. The molecule has 2 aromatic carbocycles. The number of H-pyrrole nitrogens is 1. The first kappa shape index (κ1) is 19.6. The zero-order valence-electron chi connectivity index (χ0n) is 17.4. The van der Waals surface area contributed by atoms with E-state index in [1.807, 2.05) is 12.1 Å². The summed E-state index contributed by atoms with van der Waals surface area (Å²) in [5, 5.41) is 1.09. The van der Waals surface area contributed by atoms with Crippen LogP contribution >= 0.6 is 0 Å². The molecule has 0 spiro atoms. The molecule has 0 saturated carbocycles. The summed E-state index contributed by atoms with van der Waals surface area (Å²) in [6.45, 7) is 3.23. The van der Waals surface area contributed by atoms with Crippen LogP contribution in [0.4, 0.5) is 0 Å². The Morgan fingerprint density at radius 2 is 1.93 bits per heavy atom. The van der Waals surface area contributed by atoms with E-state index in [2.05, 4.69) is 46.3 Å². The van der Waals surface area contributed by atoms with Crippen LogP contribution in [0.25, 0.3) is 16.5 Å². The Morgan fingerprint density at radius 3 is 2.67 bits per heavy atom. The molecule has 0 amide bonds. The maximum Gasteiger partial charge on any atom is 0.175 e. The Balaban J connectivity index is 1.31. The SMILES string of the molecule is CS(=O)(=O)c1ccc2[nH]c3c(c2c1)CC(CN1CC=C(c2ccccc2)CC1)CC3. The second-order valence-electron chi connectivity index (χ2n) is 8.78. The summed E-state index contributed by atoms with van der Waals surface area (Å²) in [7, 11) is -3.19. The molecule has 156 valence electrons. The molecule has 0 bridgehead atoms. The van der Waals surface area contributed by atoms with Crippen molar-refractivity contribution in [2.75, 3.05) is 25.9 Å². The van der Waals surface area contributed by atoms with Gasteiger partial charge in [0.1, 0.15) is 0 Å². The lowest BCUT2D eigenvalue weighted by Crippen LogP contribution is -2.35. The van der Waals surface area contributed by atoms with E-state index in [4.69, 9.17) is 0 Å². The van der Waals surface area contributed by atoms with Crippen molar-refractivity contribution < 1.29 is 8.42 Å². The minimum Gasteiger partial charge on any atom is -0.358 e. The highest BCUT2D eigenvalue weighted by molar-refractivity contribution is 7.90. The number of rotatable bonds is 4. The molecule has 1 N–H and O–H groups in total. The molecule has 1 atom stereocenters. The first-order valence-electron chi connectivity index (χ1n) is 10.8. The first-order valence-corrected chi connectivity index (χ1v) is 12.7. The quantitative estimate of drug-likeness (QED) is 0.678. The summed E-state index contributed by atoms with van der Waals surface area (Å²) >= 11 is 0. The van der Waals surface area contributed by atoms with Crippen molar-refractivity contribution in [2.24, 2.45) is 5.92 Å². The van der Waals surface area contributed by atoms with Crippen molar-refractivity contribution in [1.29, 1.82) is 0 Å². The number of nitrogens with zero attached hydrogens (tertiary/aromatic N) is 1. The van der Waals surface area contributed by atoms with Crippen molar-refractivity contribution in [3.63, 3.8) is 0 Å². The normalized spacial score (nSPS) is 20.2. The van der Waals surface area contributed by atoms with Crippen molar-refractivity contribution >= 4 is 26.3 Å². The van der Waals surface area contributed by atoms with E-state index in [0.29, 0.717) is 10.8 Å². The molecule has 30 heavy (non-hydrogen) atoms. The van der Waals surface area contributed by atoms with Gasteiger partial charge >= 0.3 is 0 Å². The number of aryl methyl sites for hydroxylation is 1. The Morgan fingerprint density at radius 1 is 1.10 bits per heavy atom. The Hall–Kier alpha value is -2.37. The number of benzene rings is 2. The van der Waals surface area contributed by atoms with Gasteiger partial charge in [0.15, 0.2) is 9.84 Å². The smallest absolute Gasteiger partial charge is 0.175 e. The average molecular weight is 421 g/mol. The fourth-order valence-electron chi connectivity index (χ4n) is 5.01. The second-order valence-corrected chi connectivity index (χ2v) is 10.8. The van der Waals surface area contributed by atoms with E-state index in [0.717, 1.165) is 49.8 Å². The molecule has 1 aliphatic carbocycles. The average Bonchev–Trinajstić information content (AvgIpc) is 3.12. The molecule has 1 unspecified atom stereocenters. The molecule has 4 nitrogen and oxygen atoms in total. The van der Waals surface area contributed by atoms with Crippen LogP contribution in [0, 0.1) is 5.92 Å². The highest BCUT2D eigenvalue weighted by Crippen LogP contribution is 2.34. The standard InChI is InChI=1S/C25H28N2O2S/c1-30(28,29)21-8-10-25-23(16-21)22-15-18(7-9-24(22)26-25)17-27-13-11-20(12-14-27)19-5-3-2-4-6-19/h2-6,8,10-11,16,18,26H,7,9,12-15,17H2,1H3. The number of nitrogens with one attached hydrogen (secondary N) is 1. The van der Waals surface area contributed by atoms with Crippen molar-refractivity contribution in [1.82, 2.24) is 9.88 Å². The third-order valence-corrected chi connectivity index (χ3v) is 7.75. The number of fused-ring (bicyclic) bond motifs is 3. The summed E-state index contributed by atoms with van der Waals surface area (Å²) in [6.07, 6.45) is 8.02. The fourth-order valence-corrected chi connectivity index (χ4v) is 5.66. The van der Waals surface area contributed by atoms with Crippen molar-refractivity contribution in [3.8, 4) is 0 Å². The van der Waals surface area contributed by atoms with Crippen LogP contribution < -0.4 is 0 Å². The van der Waals surface area contributed by atoms with Gasteiger partial charge < -0.3 is 4.98 Å². The monoisotopic (exact) mass is 420 g/mol. The molecule has 5 heteroatoms. The largest absolute Gasteiger partial charge is 0.358 e. The van der Waals surface area contributed by atoms with E-state index in [1.54, 1.807) is 6.07 Å². The molecule has 2 heterocycles. The summed E-state index contributed by atoms with van der Waals surface area (Å²) in [5.74, 6) is 0.616. The number of hydrogen-bond acceptors (Lipinski definition) is 3. The Labute approximate surface area is 178 Å². The van der Waals surface area contributed by atoms with Gasteiger partial charge in [-0.05, 0) is 66.5 Å². The van der Waals surface area contributed by atoms with Crippen LogP contribution in [-0.2, 0) is 22.7 Å². The number of hydrogen-bond donors (Lipinski definition) is 1. The number of sulfone groups is 1. The van der Waals surface area contributed by atoms with E-state index in [1.165, 1.54) is 35.1 Å². The van der Waals surface area contributed by atoms with Crippen molar-refractivity contribution in [2.45, 2.75) is 30.6 Å². The molecule has 0 fully saturated rings. The Bertz CT molecular complexity index is 1210. The van der Waals surface area contributed by atoms with E-state index in [9.17, 15) is 8.42 Å². The lowest BCUT2D eigenvalue weighted by molar-refractivity contribution is 0.238. The lowest BCUT2D eigenvalue weighted by atomic mass is 9.85. The summed E-state index contributed by atoms with van der Waals surface area (Å²) in [4.78, 5) is 6.50. The van der Waals surface area contributed by atoms with E-state index >= 15 is 0 Å². The predicted molar refractivity (Wildman–Crippen MR) is 122 cm³/mol. The van der Waals surface area contributed by atoms with Gasteiger partial charge in [-0.25, -0.2) is 8.42 Å². The lowest BCUT2D eigenvalue weighted by Gasteiger charge is -2.32. The molecule has 0 radical (unpaired) electrons. The van der Waals surface area contributed by atoms with Gasteiger partial charge in [-0.1, -0.05) is 36.4 Å². The van der Waals surface area contributed by atoms with Crippen LogP contribution in [0.3, 0.4) is 0 Å². The summed E-state index contributed by atoms with van der Waals surface area (Å²) in [6, 6.07) is 16.2. The van der Waals surface area contributed by atoms with Crippen LogP contribution in [-0.4, -0.2) is 44.2 Å². The van der Waals surface area contributed by atoms with Gasteiger partial charge in [-0.3, -0.25) is 4.90 Å². The first-order chi connectivity index (χ1) is 14.5. The number of aromatic nitrogens is 1. The Kier molecular flexibility index (Phi) is 5.03. The molecule has 3 aromatic rings. The van der Waals surface area contributed by atoms with Gasteiger partial charge in [0.25, 0.3) is 0 Å². The highest BCUT2D eigenvalue weighted by Gasteiger charge is 2.25. The highest BCUT2D eigenvalue weighted by atomic mass is 32.2. The molecular formula is C25H28N2O2S. The third kappa shape index (κ3) is 3.84. The molecule has 0 saturated heterocycles. The molecule has 1 aliphatic heterocycles. The topological polar surface area (TPSA) is 53.2 Å². The molecule has 2 aliphatic rings. The molecular weight excluding hydrogens is 392 g/mol. The zero-order valence-corrected chi connectivity index (χ0v) is 18.2. The molecule has 5 rings (SSSR count). The van der Waals surface area contributed by atoms with E-state index < -0.39 is 9.84 Å². The summed E-state index contributed by atoms with van der Waals surface area (Å²) in [5.41, 5.74) is 6.48. The van der Waals surface area contributed by atoms with Gasteiger partial charge in [-0.15, -0.1) is 0 Å². The molecule has 1 aromatic heterocycles. The van der Waals surface area contributed by atoms with Crippen LogP contribution in [0.1, 0.15) is 29.7 Å². The third-order valence-electron chi connectivity index (χ3n) is 6.64. The fraction of sp³-hybridized carbons (Fsp3) is 0.360. The second kappa shape index (κ2) is 7.71. The maximum atomic E-state index is 12.0. The minimum atomic E-state index is -3.19. The van der Waals surface area contributed by atoms with Gasteiger partial charge in [0, 0.05) is 42.5 Å². The van der Waals surface area contributed by atoms with Crippen LogP contribution in [0.15, 0.2) is 59.5 Å². The van der Waals surface area contributed by atoms with Crippen LogP contribution in [0.2, 0.25) is 0 Å². The van der Waals surface area contributed by atoms with Gasteiger partial charge in [-0.2, -0.15) is 0 Å².